The molecule has 0 spiro atoms. The van der Waals surface area contributed by atoms with Crippen molar-refractivity contribution in [3.8, 4) is 0 Å². The Balaban J connectivity index is 2.28. The van der Waals surface area contributed by atoms with Crippen LogP contribution < -0.4 is 5.73 Å². The zero-order valence-electron chi connectivity index (χ0n) is 8.41. The van der Waals surface area contributed by atoms with Gasteiger partial charge in [0.15, 0.2) is 0 Å². The highest BCUT2D eigenvalue weighted by molar-refractivity contribution is 14.1. The summed E-state index contributed by atoms with van der Waals surface area (Å²) in [5.74, 6) is 0. The molecule has 3 heteroatoms. The van der Waals surface area contributed by atoms with Gasteiger partial charge in [-0.05, 0) is 52.1 Å². The molecule has 0 aliphatic carbocycles. The molecule has 0 saturated carbocycles. The molecule has 1 aromatic heterocycles. The van der Waals surface area contributed by atoms with E-state index in [-0.39, 0.29) is 6.04 Å². The van der Waals surface area contributed by atoms with Crippen LogP contribution in [0.5, 0.6) is 0 Å². The fourth-order valence-corrected chi connectivity index (χ4v) is 2.86. The van der Waals surface area contributed by atoms with E-state index in [4.69, 9.17) is 5.73 Å². The van der Waals surface area contributed by atoms with Crippen LogP contribution in [0.4, 0.5) is 0 Å². The van der Waals surface area contributed by atoms with Gasteiger partial charge in [-0.1, -0.05) is 29.8 Å². The lowest BCUT2D eigenvalue weighted by Crippen LogP contribution is -2.10. The number of aryl methyl sites for hydroxylation is 1. The molecular formula is C12H12INS. The van der Waals surface area contributed by atoms with Crippen molar-refractivity contribution < 1.29 is 0 Å². The average molecular weight is 329 g/mol. The first kappa shape index (κ1) is 11.1. The Morgan fingerprint density at radius 1 is 1.20 bits per heavy atom. The van der Waals surface area contributed by atoms with Gasteiger partial charge >= 0.3 is 0 Å². The highest BCUT2D eigenvalue weighted by atomic mass is 127. The van der Waals surface area contributed by atoms with Crippen LogP contribution in [0, 0.1) is 9.81 Å². The number of hydrogen-bond acceptors (Lipinski definition) is 2. The van der Waals surface area contributed by atoms with Gasteiger partial charge in [-0.2, -0.15) is 0 Å². The largest absolute Gasteiger partial charge is 0.320 e. The van der Waals surface area contributed by atoms with Gasteiger partial charge in [0.1, 0.15) is 0 Å². The van der Waals surface area contributed by atoms with Gasteiger partial charge in [0.25, 0.3) is 0 Å². The molecule has 0 radical (unpaired) electrons. The summed E-state index contributed by atoms with van der Waals surface area (Å²) in [4.78, 5) is 0. The predicted octanol–water partition coefficient (Wildman–Crippen LogP) is 3.71. The molecule has 1 aromatic carbocycles. The third-order valence-electron chi connectivity index (χ3n) is 2.38. The third-order valence-corrected chi connectivity index (χ3v) is 4.19. The fourth-order valence-electron chi connectivity index (χ4n) is 1.45. The monoisotopic (exact) mass is 329 g/mol. The highest BCUT2D eigenvalue weighted by Gasteiger charge is 2.09. The smallest absolute Gasteiger partial charge is 0.0656 e. The third kappa shape index (κ3) is 2.59. The molecule has 0 amide bonds. The van der Waals surface area contributed by atoms with E-state index in [0.717, 1.165) is 0 Å². The van der Waals surface area contributed by atoms with Gasteiger partial charge < -0.3 is 5.73 Å². The second kappa shape index (κ2) is 4.63. The van der Waals surface area contributed by atoms with Gasteiger partial charge in [-0.15, -0.1) is 11.3 Å². The Hall–Kier alpha value is -0.390. The van der Waals surface area contributed by atoms with Crippen molar-refractivity contribution in [3.05, 3.63) is 55.3 Å². The molecule has 0 aliphatic heterocycles. The van der Waals surface area contributed by atoms with Crippen molar-refractivity contribution in [1.29, 1.82) is 0 Å². The molecule has 0 saturated heterocycles. The number of benzene rings is 1. The molecule has 1 heterocycles. The summed E-state index contributed by atoms with van der Waals surface area (Å²) < 4.78 is 1.28. The van der Waals surface area contributed by atoms with E-state index in [9.17, 15) is 0 Å². The summed E-state index contributed by atoms with van der Waals surface area (Å²) in [5, 5.41) is 2.13. The molecular weight excluding hydrogens is 317 g/mol. The average Bonchev–Trinajstić information content (AvgIpc) is 2.65. The molecule has 1 unspecified atom stereocenters. The summed E-state index contributed by atoms with van der Waals surface area (Å²) in [6.45, 7) is 2.09. The molecule has 78 valence electrons. The Labute approximate surface area is 107 Å². The van der Waals surface area contributed by atoms with Gasteiger partial charge in [0.2, 0.25) is 0 Å². The molecule has 1 nitrogen and oxygen atoms in total. The van der Waals surface area contributed by atoms with E-state index < -0.39 is 0 Å². The van der Waals surface area contributed by atoms with E-state index in [2.05, 4.69) is 65.2 Å². The van der Waals surface area contributed by atoms with Crippen LogP contribution in [0.15, 0.2) is 35.7 Å². The normalized spacial score (nSPS) is 12.7. The van der Waals surface area contributed by atoms with Gasteiger partial charge in [-0.25, -0.2) is 0 Å². The van der Waals surface area contributed by atoms with Gasteiger partial charge in [-0.3, -0.25) is 0 Å². The van der Waals surface area contributed by atoms with Crippen LogP contribution in [0.2, 0.25) is 0 Å². The maximum absolute atomic E-state index is 6.18. The van der Waals surface area contributed by atoms with E-state index >= 15 is 0 Å². The Morgan fingerprint density at radius 3 is 2.40 bits per heavy atom. The topological polar surface area (TPSA) is 26.0 Å². The van der Waals surface area contributed by atoms with Crippen LogP contribution in [-0.4, -0.2) is 0 Å². The van der Waals surface area contributed by atoms with Gasteiger partial charge in [0.05, 0.1) is 8.93 Å². The SMILES string of the molecule is Cc1ccc(C(N)c2csc(I)c2)cc1. The number of rotatable bonds is 2. The van der Waals surface area contributed by atoms with E-state index in [1.54, 1.807) is 11.3 Å². The van der Waals surface area contributed by atoms with Crippen LogP contribution >= 0.6 is 33.9 Å². The van der Waals surface area contributed by atoms with Crippen LogP contribution in [0.3, 0.4) is 0 Å². The molecule has 15 heavy (non-hydrogen) atoms. The van der Waals surface area contributed by atoms with Crippen molar-refractivity contribution in [2.45, 2.75) is 13.0 Å². The quantitative estimate of drug-likeness (QED) is 0.835. The maximum atomic E-state index is 6.18. The maximum Gasteiger partial charge on any atom is 0.0656 e. The lowest BCUT2D eigenvalue weighted by atomic mass is 10.0. The lowest BCUT2D eigenvalue weighted by Gasteiger charge is -2.10. The number of nitrogens with two attached hydrogens (primary N) is 1. The van der Waals surface area contributed by atoms with E-state index in [1.165, 1.54) is 19.6 Å². The zero-order valence-corrected chi connectivity index (χ0v) is 11.4. The van der Waals surface area contributed by atoms with Crippen molar-refractivity contribution in [2.24, 2.45) is 5.73 Å². The highest BCUT2D eigenvalue weighted by Crippen LogP contribution is 2.25. The minimum absolute atomic E-state index is 0.00497. The molecule has 2 rings (SSSR count). The predicted molar refractivity (Wildman–Crippen MR) is 74.2 cm³/mol. The second-order valence-corrected chi connectivity index (χ2v) is 6.38. The second-order valence-electron chi connectivity index (χ2n) is 3.57. The van der Waals surface area contributed by atoms with Crippen molar-refractivity contribution in [2.75, 3.05) is 0 Å². The van der Waals surface area contributed by atoms with Gasteiger partial charge in [0, 0.05) is 0 Å². The standard InChI is InChI=1S/C12H12INS/c1-8-2-4-9(5-3-8)12(14)10-6-11(13)15-7-10/h2-7,12H,14H2,1H3. The number of thiophene rings is 1. The summed E-state index contributed by atoms with van der Waals surface area (Å²) in [6.07, 6.45) is 0. The van der Waals surface area contributed by atoms with E-state index in [1.807, 2.05) is 0 Å². The first-order chi connectivity index (χ1) is 7.16. The van der Waals surface area contributed by atoms with Crippen LogP contribution in [0.25, 0.3) is 0 Å². The minimum atomic E-state index is 0.00497. The van der Waals surface area contributed by atoms with E-state index in [0.29, 0.717) is 0 Å². The van der Waals surface area contributed by atoms with Crippen LogP contribution in [0.1, 0.15) is 22.7 Å². The number of hydrogen-bond donors (Lipinski definition) is 1. The summed E-state index contributed by atoms with van der Waals surface area (Å²) >= 11 is 4.06. The van der Waals surface area contributed by atoms with Crippen molar-refractivity contribution in [3.63, 3.8) is 0 Å². The summed E-state index contributed by atoms with van der Waals surface area (Å²) in [7, 11) is 0. The molecule has 0 aliphatic rings. The van der Waals surface area contributed by atoms with Crippen LogP contribution in [-0.2, 0) is 0 Å². The Bertz CT molecular complexity index is 447. The molecule has 1 atom stereocenters. The molecule has 2 N–H and O–H groups in total. The van der Waals surface area contributed by atoms with Crippen molar-refractivity contribution >= 4 is 33.9 Å². The first-order valence-electron chi connectivity index (χ1n) is 4.73. The summed E-state index contributed by atoms with van der Waals surface area (Å²) in [5.41, 5.74) is 9.83. The summed E-state index contributed by atoms with van der Waals surface area (Å²) in [6, 6.07) is 10.6. The van der Waals surface area contributed by atoms with Crippen molar-refractivity contribution in [1.82, 2.24) is 0 Å². The fraction of sp³-hybridized carbons (Fsp3) is 0.167. The molecule has 0 fully saturated rings. The zero-order chi connectivity index (χ0) is 10.8. The Morgan fingerprint density at radius 2 is 1.87 bits per heavy atom. The lowest BCUT2D eigenvalue weighted by molar-refractivity contribution is 0.876. The number of halogens is 1. The molecule has 2 aromatic rings. The first-order valence-corrected chi connectivity index (χ1v) is 6.69. The molecule has 0 bridgehead atoms. The minimum Gasteiger partial charge on any atom is -0.320 e. The Kier molecular flexibility index (Phi) is 3.43.